The zero-order valence-electron chi connectivity index (χ0n) is 20.0. The highest BCUT2D eigenvalue weighted by Gasteiger charge is 2.29. The zero-order valence-corrected chi connectivity index (χ0v) is 20.0. The molecule has 0 unspecified atom stereocenters. The Bertz CT molecular complexity index is 1040. The maximum atomic E-state index is 5.07. The molecule has 0 atom stereocenters. The minimum Gasteiger partial charge on any atom is -0.352 e. The van der Waals surface area contributed by atoms with Gasteiger partial charge in [0.05, 0.1) is 0 Å². The van der Waals surface area contributed by atoms with Gasteiger partial charge in [-0.2, -0.15) is 5.10 Å². The van der Waals surface area contributed by atoms with Crippen molar-refractivity contribution >= 4 is 17.3 Å². The number of nitrogens with zero attached hydrogens (tertiary/aromatic N) is 4. The van der Waals surface area contributed by atoms with E-state index in [1.807, 2.05) is 0 Å². The lowest BCUT2D eigenvalue weighted by atomic mass is 10.00. The molecule has 1 aliphatic heterocycles. The highest BCUT2D eigenvalue weighted by molar-refractivity contribution is 5.74. The van der Waals surface area contributed by atoms with Crippen LogP contribution in [0, 0.1) is 27.7 Å². The first-order valence-electron chi connectivity index (χ1n) is 11.6. The second-order valence-corrected chi connectivity index (χ2v) is 9.16. The highest BCUT2D eigenvalue weighted by Crippen LogP contribution is 2.41. The molecule has 4 nitrogen and oxygen atoms in total. The summed E-state index contributed by atoms with van der Waals surface area (Å²) in [4.78, 5) is 4.98. The van der Waals surface area contributed by atoms with Crippen LogP contribution in [-0.2, 0) is 20.0 Å². The Balaban J connectivity index is 1.75. The largest absolute Gasteiger partial charge is 0.352 e. The van der Waals surface area contributed by atoms with Crippen LogP contribution >= 0.6 is 0 Å². The summed E-state index contributed by atoms with van der Waals surface area (Å²) in [5.41, 5.74) is 9.38. The van der Waals surface area contributed by atoms with Crippen molar-refractivity contribution in [3.05, 3.63) is 69.8 Å². The fourth-order valence-corrected chi connectivity index (χ4v) is 5.16. The van der Waals surface area contributed by atoms with Crippen LogP contribution in [-0.4, -0.2) is 22.9 Å². The van der Waals surface area contributed by atoms with Crippen LogP contribution in [0.2, 0.25) is 0 Å². The summed E-state index contributed by atoms with van der Waals surface area (Å²) in [6, 6.07) is 13.5. The summed E-state index contributed by atoms with van der Waals surface area (Å²) in [5.74, 6) is 2.42. The first-order valence-corrected chi connectivity index (χ1v) is 11.6. The number of aromatic nitrogens is 2. The van der Waals surface area contributed by atoms with Crippen molar-refractivity contribution in [1.29, 1.82) is 0 Å². The van der Waals surface area contributed by atoms with Crippen LogP contribution in [0.5, 0.6) is 0 Å². The average molecular weight is 417 g/mol. The first-order chi connectivity index (χ1) is 14.9. The zero-order chi connectivity index (χ0) is 22.1. The minimum atomic E-state index is 0.919. The number of aryl methyl sites for hydroxylation is 5. The van der Waals surface area contributed by atoms with E-state index in [2.05, 4.69) is 92.5 Å². The van der Waals surface area contributed by atoms with Crippen molar-refractivity contribution in [2.75, 3.05) is 22.9 Å². The van der Waals surface area contributed by atoms with Gasteiger partial charge < -0.3 is 9.80 Å². The fraction of sp³-hybridized carbons (Fsp3) is 0.444. The van der Waals surface area contributed by atoms with Crippen molar-refractivity contribution in [2.24, 2.45) is 7.05 Å². The molecule has 4 heteroatoms. The maximum absolute atomic E-state index is 5.07. The van der Waals surface area contributed by atoms with E-state index in [1.54, 1.807) is 0 Å². The summed E-state index contributed by atoms with van der Waals surface area (Å²) < 4.78 is 2.12. The molecule has 0 aliphatic carbocycles. The third-order valence-electron chi connectivity index (χ3n) is 6.35. The van der Waals surface area contributed by atoms with Crippen molar-refractivity contribution in [3.8, 4) is 0 Å². The Morgan fingerprint density at radius 3 is 2.29 bits per heavy atom. The normalized spacial score (nSPS) is 13.4. The lowest BCUT2D eigenvalue weighted by molar-refractivity contribution is 0.686. The molecule has 2 heterocycles. The van der Waals surface area contributed by atoms with Gasteiger partial charge in [-0.15, -0.1) is 0 Å². The molecular formula is C27H36N4. The van der Waals surface area contributed by atoms with Crippen LogP contribution < -0.4 is 9.80 Å². The molecule has 0 amide bonds. The van der Waals surface area contributed by atoms with Gasteiger partial charge in [-0.05, 0) is 63.6 Å². The molecule has 0 spiro atoms. The molecule has 4 rings (SSSR count). The fourth-order valence-electron chi connectivity index (χ4n) is 5.16. The van der Waals surface area contributed by atoms with Gasteiger partial charge in [0.2, 0.25) is 0 Å². The number of rotatable bonds is 6. The van der Waals surface area contributed by atoms with Crippen LogP contribution in [0.15, 0.2) is 36.4 Å². The maximum Gasteiger partial charge on any atom is 0.160 e. The second kappa shape index (κ2) is 8.78. The van der Waals surface area contributed by atoms with Gasteiger partial charge >= 0.3 is 0 Å². The Hall–Kier alpha value is -2.75. The molecule has 0 saturated carbocycles. The van der Waals surface area contributed by atoms with Gasteiger partial charge in [0.15, 0.2) is 5.82 Å². The van der Waals surface area contributed by atoms with E-state index in [-0.39, 0.29) is 0 Å². The van der Waals surface area contributed by atoms with Crippen molar-refractivity contribution < 1.29 is 0 Å². The average Bonchev–Trinajstić information content (AvgIpc) is 3.05. The highest BCUT2D eigenvalue weighted by atomic mass is 15.4. The summed E-state index contributed by atoms with van der Waals surface area (Å²) >= 11 is 0. The summed E-state index contributed by atoms with van der Waals surface area (Å²) in [7, 11) is 2.11. The SMILES string of the molecule is CCCN(Cc1ccc(C)cc1)c1c2c(nn1C)N(c1c(C)cc(C)cc1C)CCC2. The number of anilines is 3. The molecule has 1 aliphatic rings. The Labute approximate surface area is 187 Å². The van der Waals surface area contributed by atoms with Gasteiger partial charge in [-0.3, -0.25) is 4.68 Å². The Morgan fingerprint density at radius 2 is 1.65 bits per heavy atom. The molecule has 0 fully saturated rings. The molecule has 31 heavy (non-hydrogen) atoms. The number of hydrogen-bond donors (Lipinski definition) is 0. The predicted octanol–water partition coefficient (Wildman–Crippen LogP) is 6.15. The van der Waals surface area contributed by atoms with Crippen LogP contribution in [0.1, 0.15) is 53.1 Å². The van der Waals surface area contributed by atoms with Crippen LogP contribution in [0.25, 0.3) is 0 Å². The molecule has 0 saturated heterocycles. The van der Waals surface area contributed by atoms with Crippen molar-refractivity contribution in [3.63, 3.8) is 0 Å². The van der Waals surface area contributed by atoms with Crippen molar-refractivity contribution in [1.82, 2.24) is 9.78 Å². The van der Waals surface area contributed by atoms with Crippen molar-refractivity contribution in [2.45, 2.75) is 60.4 Å². The van der Waals surface area contributed by atoms with Gasteiger partial charge in [-0.1, -0.05) is 54.4 Å². The Morgan fingerprint density at radius 1 is 0.968 bits per heavy atom. The van der Waals surface area contributed by atoms with E-state index in [0.717, 1.165) is 44.7 Å². The summed E-state index contributed by atoms with van der Waals surface area (Å²) in [6.45, 7) is 14.0. The van der Waals surface area contributed by atoms with Crippen LogP contribution in [0.4, 0.5) is 17.3 Å². The second-order valence-electron chi connectivity index (χ2n) is 9.16. The Kier molecular flexibility index (Phi) is 6.08. The van der Waals surface area contributed by atoms with E-state index in [4.69, 9.17) is 5.10 Å². The van der Waals surface area contributed by atoms with E-state index >= 15 is 0 Å². The van der Waals surface area contributed by atoms with Gasteiger partial charge in [0, 0.05) is 37.9 Å². The molecule has 0 N–H and O–H groups in total. The molecule has 3 aromatic rings. The minimum absolute atomic E-state index is 0.919. The third kappa shape index (κ3) is 4.21. The monoisotopic (exact) mass is 416 g/mol. The third-order valence-corrected chi connectivity index (χ3v) is 6.35. The van der Waals surface area contributed by atoms with E-state index in [0.29, 0.717) is 0 Å². The molecule has 0 radical (unpaired) electrons. The molecule has 2 aromatic carbocycles. The smallest absolute Gasteiger partial charge is 0.160 e. The molecule has 0 bridgehead atoms. The predicted molar refractivity (Wildman–Crippen MR) is 132 cm³/mol. The molecular weight excluding hydrogens is 380 g/mol. The number of benzene rings is 2. The first kappa shape index (κ1) is 21.5. The van der Waals surface area contributed by atoms with E-state index < -0.39 is 0 Å². The lowest BCUT2D eigenvalue weighted by Gasteiger charge is -2.32. The summed E-state index contributed by atoms with van der Waals surface area (Å²) in [5, 5.41) is 5.07. The van der Waals surface area contributed by atoms with E-state index in [1.165, 1.54) is 44.9 Å². The standard InChI is InChI=1S/C27H36N4/c1-7-14-30(18-23-12-10-19(2)11-13-23)27-24-9-8-15-31(26(24)28-29(27)6)25-21(4)16-20(3)17-22(25)5/h10-13,16-17H,7-9,14-15,18H2,1-6H3. The van der Waals surface area contributed by atoms with Gasteiger partial charge in [-0.25, -0.2) is 0 Å². The number of fused-ring (bicyclic) bond motifs is 1. The number of hydrogen-bond acceptors (Lipinski definition) is 3. The van der Waals surface area contributed by atoms with Crippen LogP contribution in [0.3, 0.4) is 0 Å². The van der Waals surface area contributed by atoms with Gasteiger partial charge in [0.1, 0.15) is 5.82 Å². The quantitative estimate of drug-likeness (QED) is 0.481. The van der Waals surface area contributed by atoms with E-state index in [9.17, 15) is 0 Å². The molecule has 164 valence electrons. The topological polar surface area (TPSA) is 24.3 Å². The molecule has 1 aromatic heterocycles. The lowest BCUT2D eigenvalue weighted by Crippen LogP contribution is -2.29. The summed E-state index contributed by atoms with van der Waals surface area (Å²) in [6.07, 6.45) is 3.36. The van der Waals surface area contributed by atoms with Gasteiger partial charge in [0.25, 0.3) is 0 Å².